The third kappa shape index (κ3) is 4.60. The Kier molecular flexibility index (Phi) is 6.45. The second-order valence-electron chi connectivity index (χ2n) is 4.05. The van der Waals surface area contributed by atoms with E-state index >= 15 is 0 Å². The third-order valence-electron chi connectivity index (χ3n) is 2.65. The SMILES string of the molecule is C=CCCC(NCCC)c1ccc(F)c(Br)c1. The fourth-order valence-corrected chi connectivity index (χ4v) is 2.12. The first-order valence-corrected chi connectivity index (χ1v) is 6.77. The number of hydrogen-bond acceptors (Lipinski definition) is 1. The first-order chi connectivity index (χ1) is 8.19. The van der Waals surface area contributed by atoms with Gasteiger partial charge in [-0.3, -0.25) is 0 Å². The molecule has 17 heavy (non-hydrogen) atoms. The standard InChI is InChI=1S/C14H19BrFN/c1-3-5-6-14(17-9-4-2)11-7-8-13(16)12(15)10-11/h3,7-8,10,14,17H,1,4-6,9H2,2H3. The summed E-state index contributed by atoms with van der Waals surface area (Å²) in [6.45, 7) is 6.85. The second kappa shape index (κ2) is 7.62. The minimum absolute atomic E-state index is 0.216. The molecule has 0 aliphatic heterocycles. The highest BCUT2D eigenvalue weighted by Gasteiger charge is 2.11. The highest BCUT2D eigenvalue weighted by Crippen LogP contribution is 2.24. The van der Waals surface area contributed by atoms with E-state index in [1.807, 2.05) is 18.2 Å². The topological polar surface area (TPSA) is 12.0 Å². The number of halogens is 2. The van der Waals surface area contributed by atoms with Crippen LogP contribution in [0.15, 0.2) is 35.3 Å². The van der Waals surface area contributed by atoms with Gasteiger partial charge in [0.25, 0.3) is 0 Å². The van der Waals surface area contributed by atoms with Gasteiger partial charge in [0.2, 0.25) is 0 Å². The fourth-order valence-electron chi connectivity index (χ4n) is 1.72. The lowest BCUT2D eigenvalue weighted by atomic mass is 10.0. The average molecular weight is 300 g/mol. The maximum Gasteiger partial charge on any atom is 0.137 e. The molecule has 0 heterocycles. The molecule has 1 N–H and O–H groups in total. The van der Waals surface area contributed by atoms with Gasteiger partial charge in [0.05, 0.1) is 4.47 Å². The van der Waals surface area contributed by atoms with E-state index in [-0.39, 0.29) is 11.9 Å². The summed E-state index contributed by atoms with van der Waals surface area (Å²) < 4.78 is 13.7. The Hall–Kier alpha value is -0.670. The first kappa shape index (κ1) is 14.4. The molecular weight excluding hydrogens is 281 g/mol. The van der Waals surface area contributed by atoms with Gasteiger partial charge in [-0.25, -0.2) is 4.39 Å². The zero-order valence-electron chi connectivity index (χ0n) is 10.2. The van der Waals surface area contributed by atoms with Crippen LogP contribution in [0.25, 0.3) is 0 Å². The van der Waals surface area contributed by atoms with Crippen LogP contribution >= 0.6 is 15.9 Å². The summed E-state index contributed by atoms with van der Waals surface area (Å²) in [7, 11) is 0. The van der Waals surface area contributed by atoms with Crippen molar-refractivity contribution in [3.05, 3.63) is 46.7 Å². The Morgan fingerprint density at radius 1 is 1.53 bits per heavy atom. The minimum atomic E-state index is -0.216. The smallest absolute Gasteiger partial charge is 0.137 e. The molecule has 1 aromatic carbocycles. The van der Waals surface area contributed by atoms with Crippen molar-refractivity contribution < 1.29 is 4.39 Å². The highest BCUT2D eigenvalue weighted by atomic mass is 79.9. The molecule has 1 rings (SSSR count). The lowest BCUT2D eigenvalue weighted by Gasteiger charge is -2.18. The highest BCUT2D eigenvalue weighted by molar-refractivity contribution is 9.10. The molecule has 0 bridgehead atoms. The Labute approximate surface area is 111 Å². The van der Waals surface area contributed by atoms with Crippen molar-refractivity contribution in [3.63, 3.8) is 0 Å². The molecule has 0 amide bonds. The summed E-state index contributed by atoms with van der Waals surface area (Å²) in [6.07, 6.45) is 4.95. The van der Waals surface area contributed by atoms with Crippen molar-refractivity contribution in [1.82, 2.24) is 5.32 Å². The maximum absolute atomic E-state index is 13.2. The van der Waals surface area contributed by atoms with Gasteiger partial charge in [0.1, 0.15) is 5.82 Å². The monoisotopic (exact) mass is 299 g/mol. The predicted molar refractivity (Wildman–Crippen MR) is 74.6 cm³/mol. The van der Waals surface area contributed by atoms with Crippen LogP contribution in [-0.2, 0) is 0 Å². The molecule has 1 unspecified atom stereocenters. The first-order valence-electron chi connectivity index (χ1n) is 5.98. The van der Waals surface area contributed by atoms with Crippen molar-refractivity contribution in [1.29, 1.82) is 0 Å². The van der Waals surface area contributed by atoms with Crippen LogP contribution in [-0.4, -0.2) is 6.54 Å². The Morgan fingerprint density at radius 2 is 2.29 bits per heavy atom. The summed E-state index contributed by atoms with van der Waals surface area (Å²) in [5, 5.41) is 3.48. The lowest BCUT2D eigenvalue weighted by molar-refractivity contribution is 0.501. The fraction of sp³-hybridized carbons (Fsp3) is 0.429. The van der Waals surface area contributed by atoms with Crippen molar-refractivity contribution in [2.24, 2.45) is 0 Å². The predicted octanol–water partition coefficient (Wildman–Crippen LogP) is 4.60. The minimum Gasteiger partial charge on any atom is -0.310 e. The quantitative estimate of drug-likeness (QED) is 0.726. The van der Waals surface area contributed by atoms with Gasteiger partial charge in [0, 0.05) is 6.04 Å². The summed E-state index contributed by atoms with van der Waals surface area (Å²) in [4.78, 5) is 0. The van der Waals surface area contributed by atoms with Crippen molar-refractivity contribution in [2.75, 3.05) is 6.54 Å². The molecule has 0 saturated heterocycles. The maximum atomic E-state index is 13.2. The molecule has 94 valence electrons. The number of allylic oxidation sites excluding steroid dienone is 1. The van der Waals surface area contributed by atoms with Crippen LogP contribution in [0.1, 0.15) is 37.8 Å². The molecule has 0 radical (unpaired) electrons. The van der Waals surface area contributed by atoms with Gasteiger partial charge in [-0.1, -0.05) is 19.1 Å². The summed E-state index contributed by atoms with van der Waals surface area (Å²) in [5.41, 5.74) is 1.12. The van der Waals surface area contributed by atoms with Gasteiger partial charge >= 0.3 is 0 Å². The van der Waals surface area contributed by atoms with E-state index in [1.165, 1.54) is 6.07 Å². The van der Waals surface area contributed by atoms with Gasteiger partial charge < -0.3 is 5.32 Å². The van der Waals surface area contributed by atoms with Gasteiger partial charge in [0.15, 0.2) is 0 Å². The van der Waals surface area contributed by atoms with E-state index in [0.717, 1.165) is 31.4 Å². The van der Waals surface area contributed by atoms with E-state index in [2.05, 4.69) is 34.7 Å². The molecule has 0 aliphatic carbocycles. The second-order valence-corrected chi connectivity index (χ2v) is 4.90. The van der Waals surface area contributed by atoms with Crippen LogP contribution < -0.4 is 5.32 Å². The van der Waals surface area contributed by atoms with Crippen LogP contribution in [0.4, 0.5) is 4.39 Å². The Bertz CT molecular complexity index is 365. The van der Waals surface area contributed by atoms with Gasteiger partial charge in [-0.2, -0.15) is 0 Å². The number of benzene rings is 1. The molecule has 0 fully saturated rings. The molecular formula is C14H19BrFN. The molecule has 3 heteroatoms. The normalized spacial score (nSPS) is 12.4. The summed E-state index contributed by atoms with van der Waals surface area (Å²) >= 11 is 3.23. The average Bonchev–Trinajstić information content (AvgIpc) is 2.33. The molecule has 1 nitrogen and oxygen atoms in total. The summed E-state index contributed by atoms with van der Waals surface area (Å²) in [6, 6.07) is 5.47. The lowest BCUT2D eigenvalue weighted by Crippen LogP contribution is -2.22. The van der Waals surface area contributed by atoms with E-state index in [9.17, 15) is 4.39 Å². The van der Waals surface area contributed by atoms with E-state index < -0.39 is 0 Å². The van der Waals surface area contributed by atoms with Crippen LogP contribution in [0, 0.1) is 5.82 Å². The number of nitrogens with one attached hydrogen (secondary N) is 1. The molecule has 1 aromatic rings. The van der Waals surface area contributed by atoms with E-state index in [0.29, 0.717) is 4.47 Å². The molecule has 0 saturated carbocycles. The largest absolute Gasteiger partial charge is 0.310 e. The Morgan fingerprint density at radius 3 is 2.88 bits per heavy atom. The van der Waals surface area contributed by atoms with Crippen LogP contribution in [0.3, 0.4) is 0 Å². The van der Waals surface area contributed by atoms with E-state index in [4.69, 9.17) is 0 Å². The van der Waals surface area contributed by atoms with Gasteiger partial charge in [-0.05, 0) is 59.4 Å². The van der Waals surface area contributed by atoms with Gasteiger partial charge in [-0.15, -0.1) is 6.58 Å². The number of hydrogen-bond donors (Lipinski definition) is 1. The molecule has 0 aromatic heterocycles. The number of rotatable bonds is 7. The van der Waals surface area contributed by atoms with Crippen molar-refractivity contribution in [3.8, 4) is 0 Å². The Balaban J connectivity index is 2.78. The zero-order valence-corrected chi connectivity index (χ0v) is 11.8. The summed E-state index contributed by atoms with van der Waals surface area (Å²) in [5.74, 6) is -0.216. The van der Waals surface area contributed by atoms with E-state index in [1.54, 1.807) is 0 Å². The van der Waals surface area contributed by atoms with Crippen molar-refractivity contribution in [2.45, 2.75) is 32.2 Å². The molecule has 0 aliphatic rings. The zero-order chi connectivity index (χ0) is 12.7. The molecule has 0 spiro atoms. The van der Waals surface area contributed by atoms with Crippen molar-refractivity contribution >= 4 is 15.9 Å². The van der Waals surface area contributed by atoms with Crippen LogP contribution in [0.5, 0.6) is 0 Å². The van der Waals surface area contributed by atoms with Crippen LogP contribution in [0.2, 0.25) is 0 Å². The third-order valence-corrected chi connectivity index (χ3v) is 3.25. The molecule has 1 atom stereocenters.